The van der Waals surface area contributed by atoms with Crippen LogP contribution in [0, 0.1) is 0 Å². The van der Waals surface area contributed by atoms with Gasteiger partial charge in [-0.25, -0.2) is 4.79 Å². The van der Waals surface area contributed by atoms with Crippen LogP contribution in [-0.4, -0.2) is 25.5 Å². The molecule has 6 heteroatoms. The standard InChI is InChI=1S/C21H19NO5/c1-25-20-11-5-3-9-17(20)19(23)14-27-21(24)16-8-2-4-10-18(16)22-13-15-7-6-12-26-15/h2-12,22H,13-14H2,1H3. The fourth-order valence-electron chi connectivity index (χ4n) is 2.57. The Kier molecular flexibility index (Phi) is 5.89. The molecular formula is C21H19NO5. The van der Waals surface area contributed by atoms with Gasteiger partial charge in [-0.1, -0.05) is 24.3 Å². The normalized spacial score (nSPS) is 10.3. The number of esters is 1. The molecule has 0 amide bonds. The van der Waals surface area contributed by atoms with Gasteiger partial charge in [0.15, 0.2) is 6.61 Å². The van der Waals surface area contributed by atoms with Gasteiger partial charge in [0.2, 0.25) is 5.78 Å². The smallest absolute Gasteiger partial charge is 0.340 e. The summed E-state index contributed by atoms with van der Waals surface area (Å²) in [4.78, 5) is 24.8. The van der Waals surface area contributed by atoms with Gasteiger partial charge in [-0.3, -0.25) is 4.79 Å². The lowest BCUT2D eigenvalue weighted by Gasteiger charge is -2.11. The van der Waals surface area contributed by atoms with E-state index in [2.05, 4.69) is 5.32 Å². The average Bonchev–Trinajstić information content (AvgIpc) is 3.24. The van der Waals surface area contributed by atoms with Crippen LogP contribution in [0.4, 0.5) is 5.69 Å². The lowest BCUT2D eigenvalue weighted by atomic mass is 10.1. The lowest BCUT2D eigenvalue weighted by Crippen LogP contribution is -2.16. The molecular weight excluding hydrogens is 346 g/mol. The van der Waals surface area contributed by atoms with E-state index in [1.807, 2.05) is 6.07 Å². The van der Waals surface area contributed by atoms with Crippen LogP contribution in [0.2, 0.25) is 0 Å². The topological polar surface area (TPSA) is 77.8 Å². The summed E-state index contributed by atoms with van der Waals surface area (Å²) in [5.41, 5.74) is 1.32. The minimum atomic E-state index is -0.583. The van der Waals surface area contributed by atoms with E-state index >= 15 is 0 Å². The highest BCUT2D eigenvalue weighted by Crippen LogP contribution is 2.20. The Morgan fingerprint density at radius 2 is 1.70 bits per heavy atom. The van der Waals surface area contributed by atoms with Crippen LogP contribution in [0.15, 0.2) is 71.3 Å². The number of carbonyl (C=O) groups excluding carboxylic acids is 2. The highest BCUT2D eigenvalue weighted by atomic mass is 16.5. The molecule has 138 valence electrons. The monoisotopic (exact) mass is 365 g/mol. The van der Waals surface area contributed by atoms with Crippen molar-refractivity contribution in [2.24, 2.45) is 0 Å². The quantitative estimate of drug-likeness (QED) is 0.481. The number of benzene rings is 2. The third-order valence-corrected chi connectivity index (χ3v) is 3.92. The number of nitrogens with one attached hydrogen (secondary N) is 1. The molecule has 1 heterocycles. The molecule has 0 atom stereocenters. The van der Waals surface area contributed by atoms with Crippen LogP contribution in [0.5, 0.6) is 5.75 Å². The van der Waals surface area contributed by atoms with Crippen molar-refractivity contribution in [2.45, 2.75) is 6.54 Å². The van der Waals surface area contributed by atoms with Crippen LogP contribution in [-0.2, 0) is 11.3 Å². The highest BCUT2D eigenvalue weighted by molar-refractivity contribution is 6.02. The summed E-state index contributed by atoms with van der Waals surface area (Å²) in [6.45, 7) is 0.0587. The molecule has 0 unspecified atom stereocenters. The summed E-state index contributed by atoms with van der Waals surface area (Å²) in [5.74, 6) is 0.270. The van der Waals surface area contributed by atoms with Gasteiger partial charge in [0, 0.05) is 5.69 Å². The maximum Gasteiger partial charge on any atom is 0.340 e. The largest absolute Gasteiger partial charge is 0.496 e. The first-order chi connectivity index (χ1) is 13.2. The Labute approximate surface area is 156 Å². The Balaban J connectivity index is 1.65. The first-order valence-corrected chi connectivity index (χ1v) is 8.37. The molecule has 0 aliphatic carbocycles. The molecule has 0 radical (unpaired) electrons. The lowest BCUT2D eigenvalue weighted by molar-refractivity contribution is 0.0475. The molecule has 3 aromatic rings. The number of ketones is 1. The first kappa shape index (κ1) is 18.3. The number of carbonyl (C=O) groups is 2. The maximum absolute atomic E-state index is 12.4. The minimum Gasteiger partial charge on any atom is -0.496 e. The highest BCUT2D eigenvalue weighted by Gasteiger charge is 2.17. The Morgan fingerprint density at radius 1 is 0.963 bits per heavy atom. The molecule has 0 spiro atoms. The van der Waals surface area contributed by atoms with Crippen LogP contribution >= 0.6 is 0 Å². The van der Waals surface area contributed by atoms with Crippen LogP contribution < -0.4 is 10.1 Å². The van der Waals surface area contributed by atoms with E-state index < -0.39 is 5.97 Å². The number of methoxy groups -OCH3 is 1. The van der Waals surface area contributed by atoms with Crippen LogP contribution in [0.25, 0.3) is 0 Å². The summed E-state index contributed by atoms with van der Waals surface area (Å²) in [6, 6.07) is 17.4. The van der Waals surface area contributed by atoms with Gasteiger partial charge in [0.25, 0.3) is 0 Å². The molecule has 0 saturated carbocycles. The summed E-state index contributed by atoms with van der Waals surface area (Å²) in [5, 5.41) is 3.13. The zero-order valence-electron chi connectivity index (χ0n) is 14.8. The number of anilines is 1. The summed E-state index contributed by atoms with van der Waals surface area (Å²) in [6.07, 6.45) is 1.58. The third-order valence-electron chi connectivity index (χ3n) is 3.92. The fourth-order valence-corrected chi connectivity index (χ4v) is 2.57. The molecule has 0 aliphatic heterocycles. The van der Waals surface area contributed by atoms with Crippen molar-refractivity contribution in [1.82, 2.24) is 0 Å². The molecule has 0 bridgehead atoms. The Hall–Kier alpha value is -3.54. The van der Waals surface area contributed by atoms with Crippen molar-refractivity contribution in [3.63, 3.8) is 0 Å². The van der Waals surface area contributed by atoms with E-state index in [4.69, 9.17) is 13.9 Å². The number of furan rings is 1. The number of rotatable bonds is 8. The molecule has 1 aromatic heterocycles. The number of ether oxygens (including phenoxy) is 2. The average molecular weight is 365 g/mol. The SMILES string of the molecule is COc1ccccc1C(=O)COC(=O)c1ccccc1NCc1ccco1. The van der Waals surface area contributed by atoms with E-state index in [1.54, 1.807) is 60.9 Å². The number of hydrogen-bond acceptors (Lipinski definition) is 6. The maximum atomic E-state index is 12.4. The van der Waals surface area contributed by atoms with Crippen molar-refractivity contribution in [2.75, 3.05) is 19.0 Å². The molecule has 27 heavy (non-hydrogen) atoms. The minimum absolute atomic E-state index is 0.332. The molecule has 6 nitrogen and oxygen atoms in total. The van der Waals surface area contributed by atoms with E-state index in [1.165, 1.54) is 7.11 Å². The van der Waals surface area contributed by atoms with Crippen LogP contribution in [0.1, 0.15) is 26.5 Å². The molecule has 0 saturated heterocycles. The van der Waals surface area contributed by atoms with Gasteiger partial charge in [-0.05, 0) is 36.4 Å². The van der Waals surface area contributed by atoms with Gasteiger partial charge < -0.3 is 19.2 Å². The van der Waals surface area contributed by atoms with Gasteiger partial charge in [0.05, 0.1) is 31.0 Å². The summed E-state index contributed by atoms with van der Waals surface area (Å²) in [7, 11) is 1.49. The Bertz CT molecular complexity index is 918. The van der Waals surface area contributed by atoms with E-state index in [9.17, 15) is 9.59 Å². The first-order valence-electron chi connectivity index (χ1n) is 8.37. The third kappa shape index (κ3) is 4.55. The second-order valence-corrected chi connectivity index (χ2v) is 5.68. The zero-order chi connectivity index (χ0) is 19.1. The Morgan fingerprint density at radius 3 is 2.44 bits per heavy atom. The van der Waals surface area contributed by atoms with Gasteiger partial charge in [-0.2, -0.15) is 0 Å². The summed E-state index contributed by atoms with van der Waals surface area (Å²) >= 11 is 0. The second kappa shape index (κ2) is 8.71. The summed E-state index contributed by atoms with van der Waals surface area (Å²) < 4.78 is 15.6. The van der Waals surface area contributed by atoms with Gasteiger partial charge in [0.1, 0.15) is 11.5 Å². The van der Waals surface area contributed by atoms with Crippen molar-refractivity contribution in [3.05, 3.63) is 83.8 Å². The number of para-hydroxylation sites is 2. The molecule has 2 aromatic carbocycles. The predicted molar refractivity (Wildman–Crippen MR) is 100 cm³/mol. The van der Waals surface area contributed by atoms with E-state index in [0.717, 1.165) is 5.76 Å². The molecule has 3 rings (SSSR count). The molecule has 0 fully saturated rings. The van der Waals surface area contributed by atoms with Crippen LogP contribution in [0.3, 0.4) is 0 Å². The van der Waals surface area contributed by atoms with Crippen molar-refractivity contribution < 1.29 is 23.5 Å². The van der Waals surface area contributed by atoms with Crippen molar-refractivity contribution in [3.8, 4) is 5.75 Å². The van der Waals surface area contributed by atoms with Crippen molar-refractivity contribution in [1.29, 1.82) is 0 Å². The van der Waals surface area contributed by atoms with E-state index in [-0.39, 0.29) is 12.4 Å². The second-order valence-electron chi connectivity index (χ2n) is 5.68. The molecule has 1 N–H and O–H groups in total. The predicted octanol–water partition coefficient (Wildman–Crippen LogP) is 3.94. The van der Waals surface area contributed by atoms with Gasteiger partial charge >= 0.3 is 5.97 Å². The number of hydrogen-bond donors (Lipinski definition) is 1. The zero-order valence-corrected chi connectivity index (χ0v) is 14.8. The van der Waals surface area contributed by atoms with E-state index in [0.29, 0.717) is 29.1 Å². The number of Topliss-reactive ketones (excluding diaryl/α,β-unsaturated/α-hetero) is 1. The molecule has 0 aliphatic rings. The van der Waals surface area contributed by atoms with Gasteiger partial charge in [-0.15, -0.1) is 0 Å². The fraction of sp³-hybridized carbons (Fsp3) is 0.143. The van der Waals surface area contributed by atoms with Crippen molar-refractivity contribution >= 4 is 17.4 Å².